The zero-order valence-corrected chi connectivity index (χ0v) is 16.7. The Hall–Kier alpha value is -0.460. The first-order valence-corrected chi connectivity index (χ1v) is 9.49. The van der Waals surface area contributed by atoms with Gasteiger partial charge in [-0.2, -0.15) is 0 Å². The molecule has 0 aliphatic carbocycles. The zero-order valence-electron chi connectivity index (χ0n) is 16.7. The Labute approximate surface area is 153 Å². The minimum absolute atomic E-state index is 0.0654. The fourth-order valence-corrected chi connectivity index (χ4v) is 3.64. The van der Waals surface area contributed by atoms with E-state index in [1.165, 1.54) is 0 Å². The maximum Gasteiger partial charge on any atom is 0.163 e. The van der Waals surface area contributed by atoms with Gasteiger partial charge in [-0.3, -0.25) is 0 Å². The molecule has 1 rings (SSSR count). The summed E-state index contributed by atoms with van der Waals surface area (Å²) in [5, 5.41) is 30.7. The summed E-state index contributed by atoms with van der Waals surface area (Å²) in [6.45, 7) is 15.5. The van der Waals surface area contributed by atoms with Crippen LogP contribution < -0.4 is 0 Å². The number of ether oxygens (including phenoxy) is 2. The Balaban J connectivity index is 2.69. The number of rotatable bonds is 9. The molecule has 0 aromatic rings. The van der Waals surface area contributed by atoms with Gasteiger partial charge >= 0.3 is 0 Å². The minimum atomic E-state index is -0.769. The summed E-state index contributed by atoms with van der Waals surface area (Å²) in [4.78, 5) is 0. The van der Waals surface area contributed by atoms with E-state index in [-0.39, 0.29) is 30.5 Å². The van der Waals surface area contributed by atoms with Crippen LogP contribution in [0.1, 0.15) is 60.8 Å². The maximum absolute atomic E-state index is 10.6. The van der Waals surface area contributed by atoms with Crippen molar-refractivity contribution in [3.05, 3.63) is 12.7 Å². The van der Waals surface area contributed by atoms with Crippen molar-refractivity contribution in [3.63, 3.8) is 0 Å². The monoisotopic (exact) mass is 358 g/mol. The van der Waals surface area contributed by atoms with Crippen LogP contribution in [0.4, 0.5) is 0 Å². The molecular formula is C20H38O5. The smallest absolute Gasteiger partial charge is 0.163 e. The summed E-state index contributed by atoms with van der Waals surface area (Å²) in [5.41, 5.74) is 0. The predicted octanol–water partition coefficient (Wildman–Crippen LogP) is 2.87. The largest absolute Gasteiger partial charge is 0.393 e. The third kappa shape index (κ3) is 6.65. The van der Waals surface area contributed by atoms with E-state index in [1.807, 2.05) is 20.8 Å². The number of hydrogen-bond donors (Lipinski definition) is 3. The molecule has 3 N–H and O–H groups in total. The molecule has 25 heavy (non-hydrogen) atoms. The van der Waals surface area contributed by atoms with E-state index in [1.54, 1.807) is 6.08 Å². The van der Waals surface area contributed by atoms with Gasteiger partial charge in [0.2, 0.25) is 0 Å². The van der Waals surface area contributed by atoms with Gasteiger partial charge in [-0.05, 0) is 32.6 Å². The van der Waals surface area contributed by atoms with E-state index >= 15 is 0 Å². The summed E-state index contributed by atoms with van der Waals surface area (Å²) in [7, 11) is 0. The third-order valence-electron chi connectivity index (χ3n) is 5.26. The molecule has 1 saturated heterocycles. The Morgan fingerprint density at radius 1 is 1.08 bits per heavy atom. The first-order valence-electron chi connectivity index (χ1n) is 9.49. The van der Waals surface area contributed by atoms with Gasteiger partial charge in [-0.1, -0.05) is 33.8 Å². The van der Waals surface area contributed by atoms with Gasteiger partial charge in [0.15, 0.2) is 5.79 Å². The first-order chi connectivity index (χ1) is 11.5. The van der Waals surface area contributed by atoms with Crippen LogP contribution in [0.15, 0.2) is 12.7 Å². The molecule has 1 aliphatic rings. The third-order valence-corrected chi connectivity index (χ3v) is 5.26. The van der Waals surface area contributed by atoms with E-state index < -0.39 is 24.1 Å². The molecule has 0 saturated carbocycles. The van der Waals surface area contributed by atoms with Crippen LogP contribution in [-0.4, -0.2) is 51.6 Å². The highest BCUT2D eigenvalue weighted by molar-refractivity contribution is 4.88. The molecule has 5 nitrogen and oxygen atoms in total. The van der Waals surface area contributed by atoms with Crippen molar-refractivity contribution >= 4 is 0 Å². The maximum atomic E-state index is 10.6. The highest BCUT2D eigenvalue weighted by Crippen LogP contribution is 2.37. The first kappa shape index (κ1) is 22.6. The molecule has 5 heteroatoms. The fourth-order valence-electron chi connectivity index (χ4n) is 3.64. The predicted molar refractivity (Wildman–Crippen MR) is 99.1 cm³/mol. The van der Waals surface area contributed by atoms with Crippen molar-refractivity contribution in [1.82, 2.24) is 0 Å². The van der Waals surface area contributed by atoms with E-state index in [4.69, 9.17) is 9.47 Å². The van der Waals surface area contributed by atoms with E-state index in [2.05, 4.69) is 27.4 Å². The molecule has 148 valence electrons. The van der Waals surface area contributed by atoms with Crippen LogP contribution in [0.5, 0.6) is 0 Å². The Morgan fingerprint density at radius 3 is 2.20 bits per heavy atom. The number of aliphatic hydroxyl groups excluding tert-OH is 3. The lowest BCUT2D eigenvalue weighted by molar-refractivity contribution is -0.329. The van der Waals surface area contributed by atoms with Gasteiger partial charge < -0.3 is 24.8 Å². The van der Waals surface area contributed by atoms with E-state index in [0.717, 1.165) is 0 Å². The molecule has 1 fully saturated rings. The van der Waals surface area contributed by atoms with Crippen molar-refractivity contribution in [3.8, 4) is 0 Å². The summed E-state index contributed by atoms with van der Waals surface area (Å²) in [5.74, 6) is -0.527. The minimum Gasteiger partial charge on any atom is -0.393 e. The second kappa shape index (κ2) is 9.47. The quantitative estimate of drug-likeness (QED) is 0.552. The van der Waals surface area contributed by atoms with Crippen molar-refractivity contribution in [2.75, 3.05) is 0 Å². The molecule has 0 bridgehead atoms. The van der Waals surface area contributed by atoms with Gasteiger partial charge in [-0.15, -0.1) is 6.58 Å². The van der Waals surface area contributed by atoms with Crippen molar-refractivity contribution in [1.29, 1.82) is 0 Å². The Morgan fingerprint density at radius 2 is 1.68 bits per heavy atom. The molecule has 0 aromatic carbocycles. The molecule has 0 amide bonds. The summed E-state index contributed by atoms with van der Waals surface area (Å²) < 4.78 is 12.1. The molecule has 7 atom stereocenters. The summed E-state index contributed by atoms with van der Waals surface area (Å²) in [6, 6.07) is 0. The van der Waals surface area contributed by atoms with Gasteiger partial charge in [0, 0.05) is 18.3 Å². The number of hydrogen-bond acceptors (Lipinski definition) is 5. The molecule has 0 radical (unpaired) electrons. The highest BCUT2D eigenvalue weighted by Gasteiger charge is 2.43. The van der Waals surface area contributed by atoms with E-state index in [9.17, 15) is 15.3 Å². The van der Waals surface area contributed by atoms with Crippen LogP contribution in [0.3, 0.4) is 0 Å². The van der Waals surface area contributed by atoms with Gasteiger partial charge in [0.1, 0.15) is 0 Å². The Bertz CT molecular complexity index is 409. The molecular weight excluding hydrogens is 320 g/mol. The topological polar surface area (TPSA) is 79.2 Å². The van der Waals surface area contributed by atoms with Gasteiger partial charge in [0.25, 0.3) is 0 Å². The SMILES string of the molecule is C=CC[C@H](O)C[C@H](O)[C@H](C)[C@H](O)C[C@@H]1OC(C)(C)O[C@H](C(C)C)[C@H]1C. The average molecular weight is 359 g/mol. The van der Waals surface area contributed by atoms with Crippen molar-refractivity contribution < 1.29 is 24.8 Å². The standard InChI is InChI=1S/C20H38O5/c1-8-9-15(21)10-16(22)13(4)17(23)11-18-14(5)19(12(2)3)25-20(6,7)24-18/h8,12-19,21-23H,1,9-11H2,2-7H3/t13-,14-,15-,16-,17+,18-,19+/m0/s1. The van der Waals surface area contributed by atoms with Gasteiger partial charge in [-0.25, -0.2) is 0 Å². The van der Waals surface area contributed by atoms with Crippen LogP contribution in [0.2, 0.25) is 0 Å². The average Bonchev–Trinajstić information content (AvgIpc) is 2.49. The lowest BCUT2D eigenvalue weighted by atomic mass is 9.83. The lowest BCUT2D eigenvalue weighted by Crippen LogP contribution is -2.53. The molecule has 1 heterocycles. The fraction of sp³-hybridized carbons (Fsp3) is 0.900. The summed E-state index contributed by atoms with van der Waals surface area (Å²) in [6.07, 6.45) is 0.545. The molecule has 1 aliphatic heterocycles. The second-order valence-electron chi connectivity index (χ2n) is 8.39. The van der Waals surface area contributed by atoms with Crippen molar-refractivity contribution in [2.24, 2.45) is 17.8 Å². The van der Waals surface area contributed by atoms with Crippen molar-refractivity contribution in [2.45, 2.75) is 97.1 Å². The normalized spacial score (nSPS) is 31.4. The molecule has 0 spiro atoms. The lowest BCUT2D eigenvalue weighted by Gasteiger charge is -2.47. The summed E-state index contributed by atoms with van der Waals surface area (Å²) >= 11 is 0. The second-order valence-corrected chi connectivity index (χ2v) is 8.39. The zero-order chi connectivity index (χ0) is 19.4. The van der Waals surface area contributed by atoms with Crippen LogP contribution in [0, 0.1) is 17.8 Å². The van der Waals surface area contributed by atoms with Crippen LogP contribution >= 0.6 is 0 Å². The number of aliphatic hydroxyl groups is 3. The Kier molecular flexibility index (Phi) is 8.55. The highest BCUT2D eigenvalue weighted by atomic mass is 16.7. The molecule has 0 aromatic heterocycles. The van der Waals surface area contributed by atoms with Crippen LogP contribution in [0.25, 0.3) is 0 Å². The van der Waals surface area contributed by atoms with Gasteiger partial charge in [0.05, 0.1) is 30.5 Å². The van der Waals surface area contributed by atoms with E-state index in [0.29, 0.717) is 18.8 Å². The van der Waals surface area contributed by atoms with Crippen LogP contribution in [-0.2, 0) is 9.47 Å². The molecule has 0 unspecified atom stereocenters.